The van der Waals surface area contributed by atoms with Crippen LogP contribution < -0.4 is 10.0 Å². The average Bonchev–Trinajstić information content (AvgIpc) is 2.87. The molecule has 0 radical (unpaired) electrons. The highest BCUT2D eigenvalue weighted by Crippen LogP contribution is 2.17. The van der Waals surface area contributed by atoms with Crippen LogP contribution in [0.5, 0.6) is 0 Å². The Morgan fingerprint density at radius 2 is 2.10 bits per heavy atom. The van der Waals surface area contributed by atoms with Crippen LogP contribution in [0.4, 0.5) is 4.79 Å². The molecule has 0 saturated carbocycles. The van der Waals surface area contributed by atoms with Crippen molar-refractivity contribution >= 4 is 22.0 Å². The van der Waals surface area contributed by atoms with E-state index in [2.05, 4.69) is 10.1 Å². The number of rotatable bonds is 6. The van der Waals surface area contributed by atoms with Crippen molar-refractivity contribution in [3.05, 3.63) is 18.1 Å². The van der Waals surface area contributed by atoms with Crippen LogP contribution in [0.25, 0.3) is 0 Å². The average molecular weight is 304 g/mol. The van der Waals surface area contributed by atoms with Crippen LogP contribution in [0.15, 0.2) is 21.6 Å². The monoisotopic (exact) mass is 304 g/mol. The summed E-state index contributed by atoms with van der Waals surface area (Å²) in [4.78, 5) is 22.3. The Morgan fingerprint density at radius 1 is 1.40 bits per heavy atom. The third-order valence-electron chi connectivity index (χ3n) is 2.33. The predicted molar refractivity (Wildman–Crippen MR) is 68.7 cm³/mol. The van der Waals surface area contributed by atoms with Gasteiger partial charge in [0.2, 0.25) is 5.76 Å². The second kappa shape index (κ2) is 6.94. The van der Waals surface area contributed by atoms with Gasteiger partial charge in [-0.2, -0.15) is 0 Å². The Hall–Kier alpha value is -2.03. The first kappa shape index (κ1) is 16.0. The molecule has 0 bridgehead atoms. The molecular weight excluding hydrogens is 288 g/mol. The molecule has 2 amide bonds. The number of nitrogens with one attached hydrogen (secondary N) is 2. The van der Waals surface area contributed by atoms with Gasteiger partial charge in [-0.05, 0) is 12.5 Å². The van der Waals surface area contributed by atoms with Crippen molar-refractivity contribution < 1.29 is 27.2 Å². The van der Waals surface area contributed by atoms with Crippen molar-refractivity contribution in [3.63, 3.8) is 0 Å². The van der Waals surface area contributed by atoms with Crippen molar-refractivity contribution in [2.45, 2.75) is 24.7 Å². The molecule has 0 aliphatic heterocycles. The molecule has 8 nitrogen and oxygen atoms in total. The minimum Gasteiger partial charge on any atom is -0.463 e. The molecule has 1 heterocycles. The van der Waals surface area contributed by atoms with Gasteiger partial charge in [0, 0.05) is 6.54 Å². The minimum absolute atomic E-state index is 0.354. The zero-order valence-electron chi connectivity index (χ0n) is 11.1. The number of hydrogen-bond donors (Lipinski definition) is 2. The number of ether oxygens (including phenoxy) is 1. The number of hydrogen-bond acceptors (Lipinski definition) is 6. The number of furan rings is 1. The van der Waals surface area contributed by atoms with Gasteiger partial charge in [0.05, 0.1) is 13.4 Å². The van der Waals surface area contributed by atoms with Crippen molar-refractivity contribution in [1.82, 2.24) is 10.0 Å². The van der Waals surface area contributed by atoms with Crippen LogP contribution in [0.3, 0.4) is 0 Å². The van der Waals surface area contributed by atoms with Crippen LogP contribution in [0, 0.1) is 0 Å². The number of carbonyl (C=O) groups excluding carboxylic acids is 2. The summed E-state index contributed by atoms with van der Waals surface area (Å²) in [6, 6.07) is 0.198. The van der Waals surface area contributed by atoms with Gasteiger partial charge in [-0.25, -0.2) is 22.7 Å². The number of carbonyl (C=O) groups is 2. The predicted octanol–water partition coefficient (Wildman–Crippen LogP) is 0.854. The highest BCUT2D eigenvalue weighted by atomic mass is 32.2. The number of urea groups is 1. The molecule has 0 saturated heterocycles. The molecular formula is C11H16N2O6S. The fourth-order valence-corrected chi connectivity index (χ4v) is 2.38. The molecule has 1 rings (SSSR count). The number of esters is 1. The van der Waals surface area contributed by atoms with Gasteiger partial charge < -0.3 is 14.5 Å². The Labute approximate surface area is 116 Å². The van der Waals surface area contributed by atoms with E-state index in [-0.39, 0.29) is 0 Å². The number of sulfonamides is 1. The molecule has 0 spiro atoms. The Kier molecular flexibility index (Phi) is 5.56. The van der Waals surface area contributed by atoms with E-state index in [9.17, 15) is 18.0 Å². The lowest BCUT2D eigenvalue weighted by Gasteiger charge is -2.07. The largest absolute Gasteiger partial charge is 0.463 e. The maximum atomic E-state index is 11.9. The molecule has 0 aliphatic carbocycles. The summed E-state index contributed by atoms with van der Waals surface area (Å²) in [7, 11) is -3.11. The number of amides is 2. The van der Waals surface area contributed by atoms with Crippen LogP contribution in [0.2, 0.25) is 0 Å². The maximum Gasteiger partial charge on any atom is 0.375 e. The van der Waals surface area contributed by atoms with Gasteiger partial charge in [-0.3, -0.25) is 0 Å². The topological polar surface area (TPSA) is 115 Å². The Morgan fingerprint density at radius 3 is 2.70 bits per heavy atom. The SMILES string of the molecule is CCCCNC(=O)NS(=O)(=O)c1ccoc1C(=O)OC. The molecule has 0 aliphatic rings. The zero-order chi connectivity index (χ0) is 15.2. The van der Waals surface area contributed by atoms with Crippen molar-refractivity contribution in [1.29, 1.82) is 0 Å². The van der Waals surface area contributed by atoms with Crippen LogP contribution in [-0.2, 0) is 14.8 Å². The third-order valence-corrected chi connectivity index (χ3v) is 3.69. The molecule has 112 valence electrons. The summed E-state index contributed by atoms with van der Waals surface area (Å²) in [5.41, 5.74) is 0. The fraction of sp³-hybridized carbons (Fsp3) is 0.455. The summed E-state index contributed by atoms with van der Waals surface area (Å²) in [5, 5.41) is 2.39. The lowest BCUT2D eigenvalue weighted by molar-refractivity contribution is 0.0559. The first-order chi connectivity index (χ1) is 9.42. The molecule has 0 atom stereocenters. The van der Waals surface area contributed by atoms with E-state index in [1.54, 1.807) is 4.72 Å². The van der Waals surface area contributed by atoms with E-state index in [0.717, 1.165) is 32.3 Å². The third kappa shape index (κ3) is 3.98. The van der Waals surface area contributed by atoms with Crippen molar-refractivity contribution in [2.24, 2.45) is 0 Å². The smallest absolute Gasteiger partial charge is 0.375 e. The van der Waals surface area contributed by atoms with Crippen molar-refractivity contribution in [2.75, 3.05) is 13.7 Å². The fourth-order valence-electron chi connectivity index (χ4n) is 1.34. The normalized spacial score (nSPS) is 10.9. The molecule has 0 fully saturated rings. The van der Waals surface area contributed by atoms with Gasteiger partial charge in [-0.15, -0.1) is 0 Å². The summed E-state index contributed by atoms with van der Waals surface area (Å²) in [6.07, 6.45) is 2.61. The van der Waals surface area contributed by atoms with Gasteiger partial charge in [0.15, 0.2) is 0 Å². The number of unbranched alkanes of at least 4 members (excludes halogenated alkanes) is 1. The van der Waals surface area contributed by atoms with Gasteiger partial charge >= 0.3 is 12.0 Å². The molecule has 1 aromatic heterocycles. The molecule has 20 heavy (non-hydrogen) atoms. The second-order valence-corrected chi connectivity index (χ2v) is 5.47. The summed E-state index contributed by atoms with van der Waals surface area (Å²) < 4.78 is 34.8. The van der Waals surface area contributed by atoms with Crippen LogP contribution in [0.1, 0.15) is 30.3 Å². The van der Waals surface area contributed by atoms with Crippen LogP contribution in [-0.4, -0.2) is 34.1 Å². The maximum absolute atomic E-state index is 11.9. The van der Waals surface area contributed by atoms with E-state index in [1.165, 1.54) is 0 Å². The molecule has 9 heteroatoms. The lowest BCUT2D eigenvalue weighted by atomic mass is 10.3. The van der Waals surface area contributed by atoms with E-state index >= 15 is 0 Å². The standard InChI is InChI=1S/C11H16N2O6S/c1-3-4-6-12-11(15)13-20(16,17)8-5-7-19-9(8)10(14)18-2/h5,7H,3-4,6H2,1-2H3,(H2,12,13,15). The second-order valence-electron chi connectivity index (χ2n) is 3.82. The van der Waals surface area contributed by atoms with Crippen LogP contribution >= 0.6 is 0 Å². The number of methoxy groups -OCH3 is 1. The van der Waals surface area contributed by atoms with E-state index in [4.69, 9.17) is 4.42 Å². The highest BCUT2D eigenvalue weighted by Gasteiger charge is 2.27. The molecule has 2 N–H and O–H groups in total. The lowest BCUT2D eigenvalue weighted by Crippen LogP contribution is -2.40. The molecule has 1 aromatic rings. The van der Waals surface area contributed by atoms with E-state index in [0.29, 0.717) is 6.54 Å². The minimum atomic E-state index is -4.20. The van der Waals surface area contributed by atoms with Gasteiger partial charge in [0.1, 0.15) is 4.90 Å². The first-order valence-electron chi connectivity index (χ1n) is 5.88. The Bertz CT molecular complexity index is 577. The van der Waals surface area contributed by atoms with Gasteiger partial charge in [0.25, 0.3) is 10.0 Å². The van der Waals surface area contributed by atoms with Crippen molar-refractivity contribution in [3.8, 4) is 0 Å². The quantitative estimate of drug-likeness (QED) is 0.595. The van der Waals surface area contributed by atoms with Gasteiger partial charge in [-0.1, -0.05) is 13.3 Å². The van der Waals surface area contributed by atoms with E-state index < -0.39 is 32.7 Å². The summed E-state index contributed by atoms with van der Waals surface area (Å²) >= 11 is 0. The highest BCUT2D eigenvalue weighted by molar-refractivity contribution is 7.90. The molecule has 0 aromatic carbocycles. The Balaban J connectivity index is 2.82. The molecule has 0 unspecified atom stereocenters. The first-order valence-corrected chi connectivity index (χ1v) is 7.37. The zero-order valence-corrected chi connectivity index (χ0v) is 12.0. The summed E-state index contributed by atoms with van der Waals surface area (Å²) in [5.74, 6) is -1.43. The van der Waals surface area contributed by atoms with E-state index in [1.807, 2.05) is 6.92 Å². The summed E-state index contributed by atoms with van der Waals surface area (Å²) in [6.45, 7) is 2.29.